The Morgan fingerprint density at radius 3 is 2.45 bits per heavy atom. The maximum absolute atomic E-state index is 13.8. The highest BCUT2D eigenvalue weighted by molar-refractivity contribution is 6.23. The van der Waals surface area contributed by atoms with Crippen LogP contribution < -0.4 is 15.0 Å². The standard InChI is InChI=1S/C27H24FN3O2/c1-2-33-22-14-10-18(11-15-22)24-23-25(30-17-16-29-24)27(32)31(21-6-4-3-5-7-21)26(23)19-8-12-20(28)13-9-19/h3-15,26,30H,2,16-17H2,1H3/t26-/m1/s1. The SMILES string of the molecule is CCOc1ccc(C2=NCCNC3=C2[C@@H](c2ccc(F)cc2)N(c2ccccc2)C3=O)cc1. The molecule has 6 heteroatoms. The average Bonchev–Trinajstić information content (AvgIpc) is 2.98. The highest BCUT2D eigenvalue weighted by Gasteiger charge is 2.43. The van der Waals surface area contributed by atoms with Crippen LogP contribution in [0.4, 0.5) is 10.1 Å². The largest absolute Gasteiger partial charge is 0.494 e. The highest BCUT2D eigenvalue weighted by Crippen LogP contribution is 2.42. The molecule has 3 aromatic carbocycles. The zero-order valence-corrected chi connectivity index (χ0v) is 18.3. The predicted molar refractivity (Wildman–Crippen MR) is 127 cm³/mol. The van der Waals surface area contributed by atoms with Crippen molar-refractivity contribution in [2.75, 3.05) is 24.6 Å². The van der Waals surface area contributed by atoms with Crippen molar-refractivity contribution in [1.82, 2.24) is 5.32 Å². The number of aliphatic imine (C=N–C) groups is 1. The van der Waals surface area contributed by atoms with Gasteiger partial charge < -0.3 is 10.1 Å². The number of para-hydroxylation sites is 1. The first-order chi connectivity index (χ1) is 16.2. The molecule has 0 saturated carbocycles. The third kappa shape index (κ3) is 3.89. The molecule has 0 fully saturated rings. The number of benzene rings is 3. The summed E-state index contributed by atoms with van der Waals surface area (Å²) in [5, 5.41) is 3.31. The topological polar surface area (TPSA) is 53.9 Å². The molecule has 1 N–H and O–H groups in total. The summed E-state index contributed by atoms with van der Waals surface area (Å²) in [7, 11) is 0. The average molecular weight is 442 g/mol. The molecule has 0 aromatic heterocycles. The number of rotatable bonds is 5. The summed E-state index contributed by atoms with van der Waals surface area (Å²) in [5.41, 5.74) is 4.61. The van der Waals surface area contributed by atoms with Crippen molar-refractivity contribution in [3.63, 3.8) is 0 Å². The Kier molecular flexibility index (Phi) is 5.65. The van der Waals surface area contributed by atoms with Gasteiger partial charge in [0.2, 0.25) is 0 Å². The number of carbonyl (C=O) groups is 1. The van der Waals surface area contributed by atoms with Crippen LogP contribution in [0.15, 0.2) is 95.1 Å². The fraction of sp³-hybridized carbons (Fsp3) is 0.185. The summed E-state index contributed by atoms with van der Waals surface area (Å²) >= 11 is 0. The number of amides is 1. The van der Waals surface area contributed by atoms with E-state index in [1.54, 1.807) is 17.0 Å². The van der Waals surface area contributed by atoms with Crippen LogP contribution in [0.2, 0.25) is 0 Å². The predicted octanol–water partition coefficient (Wildman–Crippen LogP) is 4.66. The molecule has 0 aliphatic carbocycles. The van der Waals surface area contributed by atoms with E-state index in [4.69, 9.17) is 9.73 Å². The molecular weight excluding hydrogens is 417 g/mol. The number of carbonyl (C=O) groups excluding carboxylic acids is 1. The molecule has 0 unspecified atom stereocenters. The molecule has 5 rings (SSSR count). The molecule has 33 heavy (non-hydrogen) atoms. The lowest BCUT2D eigenvalue weighted by molar-refractivity contribution is -0.115. The number of nitrogens with zero attached hydrogens (tertiary/aromatic N) is 2. The lowest BCUT2D eigenvalue weighted by Gasteiger charge is -2.28. The molecule has 1 atom stereocenters. The Labute approximate surface area is 192 Å². The second-order valence-corrected chi connectivity index (χ2v) is 7.87. The van der Waals surface area contributed by atoms with Crippen LogP contribution in [-0.4, -0.2) is 31.3 Å². The minimum absolute atomic E-state index is 0.119. The Balaban J connectivity index is 1.67. The number of halogens is 1. The molecule has 5 nitrogen and oxygen atoms in total. The van der Waals surface area contributed by atoms with E-state index in [2.05, 4.69) is 5.32 Å². The summed E-state index contributed by atoms with van der Waals surface area (Å²) in [5.74, 6) is 0.347. The van der Waals surface area contributed by atoms with Crippen molar-refractivity contribution in [1.29, 1.82) is 0 Å². The van der Waals surface area contributed by atoms with Crippen LogP contribution in [0.5, 0.6) is 5.75 Å². The van der Waals surface area contributed by atoms with Crippen molar-refractivity contribution in [2.45, 2.75) is 13.0 Å². The second kappa shape index (κ2) is 8.90. The first-order valence-electron chi connectivity index (χ1n) is 11.1. The fourth-order valence-corrected chi connectivity index (χ4v) is 4.41. The first-order valence-corrected chi connectivity index (χ1v) is 11.1. The van der Waals surface area contributed by atoms with Crippen molar-refractivity contribution < 1.29 is 13.9 Å². The normalized spacial score (nSPS) is 17.9. The minimum atomic E-state index is -0.439. The Morgan fingerprint density at radius 1 is 1.03 bits per heavy atom. The van der Waals surface area contributed by atoms with Crippen molar-refractivity contribution >= 4 is 17.3 Å². The van der Waals surface area contributed by atoms with Crippen LogP contribution in [0.3, 0.4) is 0 Å². The Bertz CT molecular complexity index is 1220. The van der Waals surface area contributed by atoms with Gasteiger partial charge in [0.1, 0.15) is 17.3 Å². The summed E-state index contributed by atoms with van der Waals surface area (Å²) in [6.07, 6.45) is 0. The molecule has 0 spiro atoms. The number of hydrogen-bond acceptors (Lipinski definition) is 4. The van der Waals surface area contributed by atoms with Gasteiger partial charge in [0.05, 0.1) is 24.9 Å². The summed E-state index contributed by atoms with van der Waals surface area (Å²) in [4.78, 5) is 20.4. The van der Waals surface area contributed by atoms with Crippen LogP contribution >= 0.6 is 0 Å². The molecular formula is C27H24FN3O2. The number of ether oxygens (including phenoxy) is 1. The minimum Gasteiger partial charge on any atom is -0.494 e. The van der Waals surface area contributed by atoms with E-state index in [-0.39, 0.29) is 11.7 Å². The lowest BCUT2D eigenvalue weighted by Crippen LogP contribution is -2.33. The van der Waals surface area contributed by atoms with Gasteiger partial charge in [-0.2, -0.15) is 0 Å². The van der Waals surface area contributed by atoms with E-state index in [9.17, 15) is 9.18 Å². The zero-order chi connectivity index (χ0) is 22.8. The number of nitrogens with one attached hydrogen (secondary N) is 1. The summed E-state index contributed by atoms with van der Waals surface area (Å²) in [6, 6.07) is 23.2. The Morgan fingerprint density at radius 2 is 1.76 bits per heavy atom. The fourth-order valence-electron chi connectivity index (χ4n) is 4.41. The molecule has 2 aliphatic heterocycles. The van der Waals surface area contributed by atoms with Gasteiger partial charge in [-0.05, 0) is 61.0 Å². The molecule has 2 heterocycles. The van der Waals surface area contributed by atoms with E-state index < -0.39 is 6.04 Å². The van der Waals surface area contributed by atoms with Gasteiger partial charge in [-0.15, -0.1) is 0 Å². The Hall–Kier alpha value is -3.93. The van der Waals surface area contributed by atoms with Crippen molar-refractivity contribution in [3.8, 4) is 5.75 Å². The van der Waals surface area contributed by atoms with Gasteiger partial charge in [-0.1, -0.05) is 30.3 Å². The van der Waals surface area contributed by atoms with Gasteiger partial charge in [0.25, 0.3) is 5.91 Å². The maximum Gasteiger partial charge on any atom is 0.275 e. The maximum atomic E-state index is 13.8. The van der Waals surface area contributed by atoms with Gasteiger partial charge in [-0.3, -0.25) is 14.7 Å². The van der Waals surface area contributed by atoms with E-state index in [1.165, 1.54) is 12.1 Å². The second-order valence-electron chi connectivity index (χ2n) is 7.87. The third-order valence-corrected chi connectivity index (χ3v) is 5.83. The van der Waals surface area contributed by atoms with E-state index in [0.717, 1.165) is 33.8 Å². The molecule has 0 bridgehead atoms. The van der Waals surface area contributed by atoms with Gasteiger partial charge in [0.15, 0.2) is 0 Å². The van der Waals surface area contributed by atoms with Crippen molar-refractivity contribution in [2.24, 2.45) is 4.99 Å². The lowest BCUT2D eigenvalue weighted by atomic mass is 9.91. The third-order valence-electron chi connectivity index (χ3n) is 5.83. The number of anilines is 1. The first kappa shape index (κ1) is 20.9. The number of hydrogen-bond donors (Lipinski definition) is 1. The van der Waals surface area contributed by atoms with Crippen LogP contribution in [0, 0.1) is 5.82 Å². The van der Waals surface area contributed by atoms with E-state index >= 15 is 0 Å². The van der Waals surface area contributed by atoms with E-state index in [0.29, 0.717) is 25.4 Å². The molecule has 2 aliphatic rings. The van der Waals surface area contributed by atoms with Crippen molar-refractivity contribution in [3.05, 3.63) is 107 Å². The van der Waals surface area contributed by atoms with Gasteiger partial charge in [-0.25, -0.2) is 4.39 Å². The quantitative estimate of drug-likeness (QED) is 0.627. The van der Waals surface area contributed by atoms with E-state index in [1.807, 2.05) is 61.5 Å². The van der Waals surface area contributed by atoms with Crippen LogP contribution in [-0.2, 0) is 4.79 Å². The molecule has 3 aromatic rings. The molecule has 1 amide bonds. The summed E-state index contributed by atoms with van der Waals surface area (Å²) in [6.45, 7) is 3.64. The monoisotopic (exact) mass is 441 g/mol. The van der Waals surface area contributed by atoms with Crippen LogP contribution in [0.1, 0.15) is 24.1 Å². The molecule has 0 saturated heterocycles. The highest BCUT2D eigenvalue weighted by atomic mass is 19.1. The zero-order valence-electron chi connectivity index (χ0n) is 18.3. The molecule has 0 radical (unpaired) electrons. The van der Waals surface area contributed by atoms with Crippen LogP contribution in [0.25, 0.3) is 0 Å². The van der Waals surface area contributed by atoms with Gasteiger partial charge in [0, 0.05) is 23.4 Å². The smallest absolute Gasteiger partial charge is 0.275 e. The molecule has 166 valence electrons. The summed E-state index contributed by atoms with van der Waals surface area (Å²) < 4.78 is 19.4. The van der Waals surface area contributed by atoms with Gasteiger partial charge >= 0.3 is 0 Å².